The minimum Gasteiger partial charge on any atom is -0.381 e. The van der Waals surface area contributed by atoms with Crippen molar-refractivity contribution in [3.63, 3.8) is 0 Å². The third kappa shape index (κ3) is 3.78. The monoisotopic (exact) mass is 349 g/mol. The zero-order valence-electron chi connectivity index (χ0n) is 14.7. The largest absolute Gasteiger partial charge is 0.381 e. The maximum Gasteiger partial charge on any atom is 0.251 e. The molecule has 1 saturated heterocycles. The Labute approximate surface area is 152 Å². The van der Waals surface area contributed by atoms with Crippen molar-refractivity contribution in [2.45, 2.75) is 25.2 Å². The summed E-state index contributed by atoms with van der Waals surface area (Å²) < 4.78 is 5.45. The molecule has 26 heavy (non-hydrogen) atoms. The number of carbonyl (C=O) groups excluding carboxylic acids is 1. The highest BCUT2D eigenvalue weighted by molar-refractivity contribution is 5.94. The standard InChI is InChI=1S/C21H23N3O2/c25-21(16-6-3-5-15(13-16)17-10-12-26-14-17)22-11-4-9-20-23-18-7-1-2-8-19(18)24-20/h1-3,5-8,13,17H,4,9-12,14H2,(H,22,25)(H,23,24)/t17-/m1/s1. The highest BCUT2D eigenvalue weighted by Gasteiger charge is 2.18. The van der Waals surface area contributed by atoms with Gasteiger partial charge in [-0.15, -0.1) is 0 Å². The molecule has 5 heteroatoms. The van der Waals surface area contributed by atoms with Gasteiger partial charge in [-0.25, -0.2) is 4.98 Å². The minimum absolute atomic E-state index is 0.0182. The number of aromatic amines is 1. The Morgan fingerprint density at radius 3 is 3.00 bits per heavy atom. The second-order valence-corrected chi connectivity index (χ2v) is 6.75. The van der Waals surface area contributed by atoms with E-state index in [1.165, 1.54) is 5.56 Å². The predicted molar refractivity (Wildman–Crippen MR) is 101 cm³/mol. The van der Waals surface area contributed by atoms with E-state index in [1.54, 1.807) is 0 Å². The summed E-state index contributed by atoms with van der Waals surface area (Å²) in [6, 6.07) is 15.9. The first-order valence-electron chi connectivity index (χ1n) is 9.19. The van der Waals surface area contributed by atoms with Crippen LogP contribution in [0.1, 0.15) is 40.5 Å². The Hall–Kier alpha value is -2.66. The lowest BCUT2D eigenvalue weighted by atomic mass is 9.96. The molecule has 2 heterocycles. The molecular weight excluding hydrogens is 326 g/mol. The maximum absolute atomic E-state index is 12.4. The van der Waals surface area contributed by atoms with Crippen LogP contribution in [0.5, 0.6) is 0 Å². The van der Waals surface area contributed by atoms with Gasteiger partial charge in [-0.1, -0.05) is 24.3 Å². The molecule has 0 aliphatic carbocycles. The average molecular weight is 349 g/mol. The molecule has 2 N–H and O–H groups in total. The molecule has 3 aromatic rings. The normalized spacial score (nSPS) is 16.8. The summed E-state index contributed by atoms with van der Waals surface area (Å²) >= 11 is 0. The molecule has 1 atom stereocenters. The number of carbonyl (C=O) groups is 1. The number of ether oxygens (including phenoxy) is 1. The molecule has 0 unspecified atom stereocenters. The smallest absolute Gasteiger partial charge is 0.251 e. The average Bonchev–Trinajstić information content (AvgIpc) is 3.34. The summed E-state index contributed by atoms with van der Waals surface area (Å²) in [5.74, 6) is 1.36. The maximum atomic E-state index is 12.4. The second kappa shape index (κ2) is 7.70. The van der Waals surface area contributed by atoms with Crippen LogP contribution >= 0.6 is 0 Å². The quantitative estimate of drug-likeness (QED) is 0.670. The first-order valence-corrected chi connectivity index (χ1v) is 9.19. The third-order valence-electron chi connectivity index (χ3n) is 4.86. The molecule has 1 fully saturated rings. The molecule has 5 nitrogen and oxygen atoms in total. The molecule has 0 bridgehead atoms. The molecule has 1 aromatic heterocycles. The lowest BCUT2D eigenvalue weighted by Crippen LogP contribution is -2.25. The van der Waals surface area contributed by atoms with Crippen LogP contribution in [0.3, 0.4) is 0 Å². The van der Waals surface area contributed by atoms with Gasteiger partial charge in [0.05, 0.1) is 17.6 Å². The molecule has 2 aromatic carbocycles. The van der Waals surface area contributed by atoms with E-state index in [9.17, 15) is 4.79 Å². The van der Waals surface area contributed by atoms with Crippen LogP contribution in [0, 0.1) is 0 Å². The van der Waals surface area contributed by atoms with E-state index < -0.39 is 0 Å². The summed E-state index contributed by atoms with van der Waals surface area (Å²) in [5, 5.41) is 3.01. The Morgan fingerprint density at radius 2 is 2.15 bits per heavy atom. The fourth-order valence-electron chi connectivity index (χ4n) is 3.42. The molecule has 0 spiro atoms. The number of para-hydroxylation sites is 2. The molecule has 1 aliphatic heterocycles. The minimum atomic E-state index is -0.0182. The van der Waals surface area contributed by atoms with Gasteiger partial charge in [0.2, 0.25) is 0 Å². The SMILES string of the molecule is O=C(NCCCc1nc2ccccc2[nH]1)c1cccc([C@@H]2CCOC2)c1. The van der Waals surface area contributed by atoms with Crippen LogP contribution in [-0.4, -0.2) is 35.6 Å². The molecule has 1 aliphatic rings. The fraction of sp³-hybridized carbons (Fsp3) is 0.333. The van der Waals surface area contributed by atoms with Gasteiger partial charge in [0.25, 0.3) is 5.91 Å². The lowest BCUT2D eigenvalue weighted by Gasteiger charge is -2.10. The van der Waals surface area contributed by atoms with Gasteiger partial charge >= 0.3 is 0 Å². The van der Waals surface area contributed by atoms with Crippen LogP contribution < -0.4 is 5.32 Å². The van der Waals surface area contributed by atoms with Crippen molar-refractivity contribution in [1.82, 2.24) is 15.3 Å². The number of aromatic nitrogens is 2. The van der Waals surface area contributed by atoms with Crippen LogP contribution in [0.25, 0.3) is 11.0 Å². The lowest BCUT2D eigenvalue weighted by molar-refractivity contribution is 0.0953. The van der Waals surface area contributed by atoms with Gasteiger partial charge in [0.15, 0.2) is 0 Å². The predicted octanol–water partition coefficient (Wildman–Crippen LogP) is 3.43. The Bertz CT molecular complexity index is 864. The van der Waals surface area contributed by atoms with Crippen molar-refractivity contribution >= 4 is 16.9 Å². The zero-order chi connectivity index (χ0) is 17.8. The third-order valence-corrected chi connectivity index (χ3v) is 4.86. The summed E-state index contributed by atoms with van der Waals surface area (Å²) in [7, 11) is 0. The number of aryl methyl sites for hydroxylation is 1. The number of H-pyrrole nitrogens is 1. The Kier molecular flexibility index (Phi) is 4.97. The molecule has 134 valence electrons. The van der Waals surface area contributed by atoms with Crippen LogP contribution in [0.15, 0.2) is 48.5 Å². The number of rotatable bonds is 6. The highest BCUT2D eigenvalue weighted by atomic mass is 16.5. The number of fused-ring (bicyclic) bond motifs is 1. The summed E-state index contributed by atoms with van der Waals surface area (Å²) in [6.07, 6.45) is 2.69. The first-order chi connectivity index (χ1) is 12.8. The number of imidazole rings is 1. The van der Waals surface area contributed by atoms with E-state index in [0.29, 0.717) is 12.5 Å². The molecule has 0 radical (unpaired) electrons. The summed E-state index contributed by atoms with van der Waals surface area (Å²) in [6.45, 7) is 2.19. The number of hydrogen-bond acceptors (Lipinski definition) is 3. The van der Waals surface area contributed by atoms with Crippen LogP contribution in [-0.2, 0) is 11.2 Å². The van der Waals surface area contributed by atoms with Crippen molar-refractivity contribution in [2.24, 2.45) is 0 Å². The number of amides is 1. The number of benzene rings is 2. The summed E-state index contributed by atoms with van der Waals surface area (Å²) in [5.41, 5.74) is 3.95. The van der Waals surface area contributed by atoms with Gasteiger partial charge in [-0.3, -0.25) is 4.79 Å². The van der Waals surface area contributed by atoms with Crippen molar-refractivity contribution < 1.29 is 9.53 Å². The van der Waals surface area contributed by atoms with Crippen LogP contribution in [0.2, 0.25) is 0 Å². The molecule has 0 saturated carbocycles. The van der Waals surface area contributed by atoms with E-state index in [-0.39, 0.29) is 5.91 Å². The van der Waals surface area contributed by atoms with E-state index in [2.05, 4.69) is 21.4 Å². The van der Waals surface area contributed by atoms with E-state index >= 15 is 0 Å². The fourth-order valence-corrected chi connectivity index (χ4v) is 3.42. The van der Waals surface area contributed by atoms with Gasteiger partial charge in [0, 0.05) is 31.1 Å². The van der Waals surface area contributed by atoms with Crippen molar-refractivity contribution in [3.8, 4) is 0 Å². The van der Waals surface area contributed by atoms with Crippen molar-refractivity contribution in [3.05, 3.63) is 65.5 Å². The first kappa shape index (κ1) is 16.8. The van der Waals surface area contributed by atoms with Crippen molar-refractivity contribution in [1.29, 1.82) is 0 Å². The number of nitrogens with zero attached hydrogens (tertiary/aromatic N) is 1. The topological polar surface area (TPSA) is 67.0 Å². The summed E-state index contributed by atoms with van der Waals surface area (Å²) in [4.78, 5) is 20.3. The van der Waals surface area contributed by atoms with Crippen LogP contribution in [0.4, 0.5) is 0 Å². The molecular formula is C21H23N3O2. The second-order valence-electron chi connectivity index (χ2n) is 6.75. The molecule has 1 amide bonds. The molecule has 4 rings (SSSR count). The zero-order valence-corrected chi connectivity index (χ0v) is 14.7. The van der Waals surface area contributed by atoms with E-state index in [1.807, 2.05) is 42.5 Å². The van der Waals surface area contributed by atoms with Crippen molar-refractivity contribution in [2.75, 3.05) is 19.8 Å². The van der Waals surface area contributed by atoms with Gasteiger partial charge in [0.1, 0.15) is 5.82 Å². The highest BCUT2D eigenvalue weighted by Crippen LogP contribution is 2.25. The van der Waals surface area contributed by atoms with Gasteiger partial charge < -0.3 is 15.0 Å². The van der Waals surface area contributed by atoms with E-state index in [0.717, 1.165) is 54.9 Å². The number of nitrogens with one attached hydrogen (secondary N) is 2. The van der Waals surface area contributed by atoms with Gasteiger partial charge in [-0.2, -0.15) is 0 Å². The van der Waals surface area contributed by atoms with Gasteiger partial charge in [-0.05, 0) is 42.7 Å². The Balaban J connectivity index is 1.29. The van der Waals surface area contributed by atoms with E-state index in [4.69, 9.17) is 4.74 Å². The Morgan fingerprint density at radius 1 is 1.23 bits per heavy atom. The number of hydrogen-bond donors (Lipinski definition) is 2.